The molecule has 2 rings (SSSR count). The third-order valence-corrected chi connectivity index (χ3v) is 2.55. The number of rotatable bonds is 2. The third-order valence-electron chi connectivity index (χ3n) is 2.55. The van der Waals surface area contributed by atoms with Crippen molar-refractivity contribution in [3.63, 3.8) is 0 Å². The second-order valence-corrected chi connectivity index (χ2v) is 3.68. The number of aliphatic carboxylic acids is 1. The first kappa shape index (κ1) is 9.71. The second kappa shape index (κ2) is 3.38. The molecule has 1 heterocycles. The van der Waals surface area contributed by atoms with Crippen LogP contribution < -0.4 is 0 Å². The molecule has 0 spiro atoms. The molecule has 78 valence electrons. The molecule has 1 aromatic heterocycles. The van der Waals surface area contributed by atoms with Crippen molar-refractivity contribution in [3.8, 4) is 0 Å². The minimum Gasteiger partial charge on any atom is -0.481 e. The summed E-state index contributed by atoms with van der Waals surface area (Å²) in [5.41, 5.74) is 2.87. The van der Waals surface area contributed by atoms with E-state index in [4.69, 9.17) is 5.11 Å². The van der Waals surface area contributed by atoms with Gasteiger partial charge < -0.3 is 5.11 Å². The van der Waals surface area contributed by atoms with Gasteiger partial charge in [-0.15, -0.1) is 0 Å². The molecule has 0 fully saturated rings. The number of carboxylic acids is 1. The Balaban J connectivity index is 2.57. The van der Waals surface area contributed by atoms with Gasteiger partial charge in [-0.2, -0.15) is 5.10 Å². The predicted octanol–water partition coefficient (Wildman–Crippen LogP) is 1.51. The average molecular weight is 204 g/mol. The molecular weight excluding hydrogens is 192 g/mol. The molecule has 4 nitrogen and oxygen atoms in total. The standard InChI is InChI=1S/C11H12N2O2/c1-7-3-10-9(6-12-13(10)2)4-8(7)5-11(14)15/h3-4,6H,5H2,1-2H3,(H,14,15). The van der Waals surface area contributed by atoms with Crippen LogP contribution in [0.5, 0.6) is 0 Å². The van der Waals surface area contributed by atoms with Gasteiger partial charge in [0, 0.05) is 12.4 Å². The average Bonchev–Trinajstić information content (AvgIpc) is 2.48. The van der Waals surface area contributed by atoms with E-state index in [2.05, 4.69) is 5.10 Å². The number of hydrogen-bond donors (Lipinski definition) is 1. The van der Waals surface area contributed by atoms with Crippen LogP contribution in [0.2, 0.25) is 0 Å². The zero-order valence-electron chi connectivity index (χ0n) is 8.69. The normalized spacial score (nSPS) is 10.8. The van der Waals surface area contributed by atoms with Crippen LogP contribution in [0.4, 0.5) is 0 Å². The fourth-order valence-electron chi connectivity index (χ4n) is 1.70. The van der Waals surface area contributed by atoms with E-state index in [1.54, 1.807) is 10.9 Å². The van der Waals surface area contributed by atoms with E-state index in [1.165, 1.54) is 0 Å². The Hall–Kier alpha value is -1.84. The van der Waals surface area contributed by atoms with Gasteiger partial charge in [-0.3, -0.25) is 9.48 Å². The fourth-order valence-corrected chi connectivity index (χ4v) is 1.70. The number of fused-ring (bicyclic) bond motifs is 1. The molecule has 0 saturated carbocycles. The number of aromatic nitrogens is 2. The summed E-state index contributed by atoms with van der Waals surface area (Å²) < 4.78 is 1.78. The van der Waals surface area contributed by atoms with E-state index in [1.807, 2.05) is 26.1 Å². The molecule has 0 radical (unpaired) electrons. The Morgan fingerprint density at radius 2 is 2.27 bits per heavy atom. The van der Waals surface area contributed by atoms with Gasteiger partial charge in [0.1, 0.15) is 0 Å². The van der Waals surface area contributed by atoms with Crippen LogP contribution in [-0.2, 0) is 18.3 Å². The highest BCUT2D eigenvalue weighted by Crippen LogP contribution is 2.19. The topological polar surface area (TPSA) is 55.1 Å². The lowest BCUT2D eigenvalue weighted by Crippen LogP contribution is -2.02. The number of aryl methyl sites for hydroxylation is 2. The molecule has 15 heavy (non-hydrogen) atoms. The van der Waals surface area contributed by atoms with Gasteiger partial charge in [0.2, 0.25) is 0 Å². The van der Waals surface area contributed by atoms with Crippen molar-refractivity contribution in [2.45, 2.75) is 13.3 Å². The molecular formula is C11H12N2O2. The third kappa shape index (κ3) is 1.70. The van der Waals surface area contributed by atoms with E-state index in [0.717, 1.165) is 22.0 Å². The molecule has 0 aliphatic rings. The lowest BCUT2D eigenvalue weighted by Gasteiger charge is -2.03. The molecule has 0 saturated heterocycles. The Morgan fingerprint density at radius 3 is 2.93 bits per heavy atom. The van der Waals surface area contributed by atoms with E-state index >= 15 is 0 Å². The van der Waals surface area contributed by atoms with Crippen molar-refractivity contribution < 1.29 is 9.90 Å². The maximum Gasteiger partial charge on any atom is 0.307 e. The predicted molar refractivity (Wildman–Crippen MR) is 56.8 cm³/mol. The van der Waals surface area contributed by atoms with Crippen LogP contribution in [0.15, 0.2) is 18.3 Å². The summed E-state index contributed by atoms with van der Waals surface area (Å²) in [7, 11) is 1.87. The summed E-state index contributed by atoms with van der Waals surface area (Å²) in [6.07, 6.45) is 1.82. The van der Waals surface area contributed by atoms with Crippen molar-refractivity contribution in [1.82, 2.24) is 9.78 Å². The van der Waals surface area contributed by atoms with Gasteiger partial charge in [0.25, 0.3) is 0 Å². The maximum absolute atomic E-state index is 10.6. The molecule has 0 aliphatic carbocycles. The first-order valence-corrected chi connectivity index (χ1v) is 4.71. The highest BCUT2D eigenvalue weighted by molar-refractivity contribution is 5.82. The van der Waals surface area contributed by atoms with Gasteiger partial charge >= 0.3 is 5.97 Å². The highest BCUT2D eigenvalue weighted by Gasteiger charge is 2.07. The number of benzene rings is 1. The Bertz CT molecular complexity index is 529. The summed E-state index contributed by atoms with van der Waals surface area (Å²) in [5, 5.41) is 13.9. The SMILES string of the molecule is Cc1cc2c(cnn2C)cc1CC(=O)O. The molecule has 0 atom stereocenters. The summed E-state index contributed by atoms with van der Waals surface area (Å²) in [5.74, 6) is -0.804. The molecule has 0 unspecified atom stereocenters. The van der Waals surface area contributed by atoms with Crippen molar-refractivity contribution in [1.29, 1.82) is 0 Å². The van der Waals surface area contributed by atoms with Crippen LogP contribution in [0.25, 0.3) is 10.9 Å². The maximum atomic E-state index is 10.6. The van der Waals surface area contributed by atoms with Gasteiger partial charge in [-0.1, -0.05) is 0 Å². The zero-order chi connectivity index (χ0) is 11.0. The highest BCUT2D eigenvalue weighted by atomic mass is 16.4. The molecule has 4 heteroatoms. The van der Waals surface area contributed by atoms with Gasteiger partial charge in [0.15, 0.2) is 0 Å². The van der Waals surface area contributed by atoms with Crippen LogP contribution in [0, 0.1) is 6.92 Å². The summed E-state index contributed by atoms with van der Waals surface area (Å²) in [4.78, 5) is 10.6. The van der Waals surface area contributed by atoms with E-state index in [0.29, 0.717) is 0 Å². The van der Waals surface area contributed by atoms with Crippen molar-refractivity contribution >= 4 is 16.9 Å². The van der Waals surface area contributed by atoms with Crippen LogP contribution >= 0.6 is 0 Å². The molecule has 1 N–H and O–H groups in total. The number of carboxylic acid groups (broad SMARTS) is 1. The van der Waals surface area contributed by atoms with Crippen molar-refractivity contribution in [2.24, 2.45) is 7.05 Å². The molecule has 0 aliphatic heterocycles. The molecule has 0 amide bonds. The Morgan fingerprint density at radius 1 is 1.53 bits per heavy atom. The first-order chi connectivity index (χ1) is 7.08. The quantitative estimate of drug-likeness (QED) is 0.806. The van der Waals surface area contributed by atoms with Crippen molar-refractivity contribution in [3.05, 3.63) is 29.5 Å². The molecule has 0 bridgehead atoms. The molecule has 1 aromatic carbocycles. The second-order valence-electron chi connectivity index (χ2n) is 3.68. The smallest absolute Gasteiger partial charge is 0.307 e. The number of nitrogens with zero attached hydrogens (tertiary/aromatic N) is 2. The zero-order valence-corrected chi connectivity index (χ0v) is 8.69. The van der Waals surface area contributed by atoms with E-state index in [-0.39, 0.29) is 6.42 Å². The summed E-state index contributed by atoms with van der Waals surface area (Å²) in [6, 6.07) is 3.87. The van der Waals surface area contributed by atoms with Crippen LogP contribution in [0.1, 0.15) is 11.1 Å². The van der Waals surface area contributed by atoms with E-state index < -0.39 is 5.97 Å². The lowest BCUT2D eigenvalue weighted by atomic mass is 10.0. The number of hydrogen-bond acceptors (Lipinski definition) is 2. The van der Waals surface area contributed by atoms with Crippen LogP contribution in [-0.4, -0.2) is 20.9 Å². The van der Waals surface area contributed by atoms with Gasteiger partial charge in [0.05, 0.1) is 18.1 Å². The minimum absolute atomic E-state index is 0.0661. The van der Waals surface area contributed by atoms with Gasteiger partial charge in [-0.25, -0.2) is 0 Å². The van der Waals surface area contributed by atoms with E-state index in [9.17, 15) is 4.79 Å². The van der Waals surface area contributed by atoms with Crippen LogP contribution in [0.3, 0.4) is 0 Å². The van der Waals surface area contributed by atoms with Gasteiger partial charge in [-0.05, 0) is 30.2 Å². The number of carbonyl (C=O) groups is 1. The fraction of sp³-hybridized carbons (Fsp3) is 0.273. The Kier molecular flexibility index (Phi) is 2.19. The molecule has 2 aromatic rings. The monoisotopic (exact) mass is 204 g/mol. The Labute approximate surface area is 87.1 Å². The lowest BCUT2D eigenvalue weighted by molar-refractivity contribution is -0.136. The summed E-state index contributed by atoms with van der Waals surface area (Å²) >= 11 is 0. The first-order valence-electron chi connectivity index (χ1n) is 4.71. The largest absolute Gasteiger partial charge is 0.481 e. The minimum atomic E-state index is -0.804. The van der Waals surface area contributed by atoms with Crippen molar-refractivity contribution in [2.75, 3.05) is 0 Å². The summed E-state index contributed by atoms with van der Waals surface area (Å²) in [6.45, 7) is 1.92.